The lowest BCUT2D eigenvalue weighted by Crippen LogP contribution is -2.24. The molecule has 0 aromatic heterocycles. The summed E-state index contributed by atoms with van der Waals surface area (Å²) in [6.07, 6.45) is 0.795. The van der Waals surface area contributed by atoms with E-state index >= 15 is 0 Å². The van der Waals surface area contributed by atoms with Gasteiger partial charge in [-0.05, 0) is 48.9 Å². The molecule has 34 heavy (non-hydrogen) atoms. The molecule has 3 aromatic carbocycles. The van der Waals surface area contributed by atoms with Crippen molar-refractivity contribution >= 4 is 40.7 Å². The Hall–Kier alpha value is -3.91. The predicted octanol–water partition coefficient (Wildman–Crippen LogP) is 4.89. The molecular formula is C25H23ClFN3O4. The molecular weight excluding hydrogens is 461 g/mol. The Balaban J connectivity index is 1.65. The van der Waals surface area contributed by atoms with Gasteiger partial charge in [0, 0.05) is 12.2 Å². The number of para-hydroxylation sites is 2. The van der Waals surface area contributed by atoms with Gasteiger partial charge in [0.25, 0.3) is 17.7 Å². The van der Waals surface area contributed by atoms with Gasteiger partial charge in [0.15, 0.2) is 6.61 Å². The fraction of sp³-hybridized carbons (Fsp3) is 0.160. The van der Waals surface area contributed by atoms with E-state index in [1.165, 1.54) is 36.4 Å². The summed E-state index contributed by atoms with van der Waals surface area (Å²) in [5.74, 6) is -1.76. The van der Waals surface area contributed by atoms with E-state index in [2.05, 4.69) is 16.0 Å². The van der Waals surface area contributed by atoms with Crippen molar-refractivity contribution < 1.29 is 23.5 Å². The highest BCUT2D eigenvalue weighted by Gasteiger charge is 2.16. The van der Waals surface area contributed by atoms with E-state index in [0.29, 0.717) is 17.8 Å². The molecule has 0 unspecified atom stereocenters. The third-order valence-corrected chi connectivity index (χ3v) is 4.96. The molecule has 0 heterocycles. The number of hydrogen-bond donors (Lipinski definition) is 3. The zero-order chi connectivity index (χ0) is 24.5. The van der Waals surface area contributed by atoms with E-state index in [1.807, 2.05) is 6.92 Å². The van der Waals surface area contributed by atoms with Crippen LogP contribution in [0.4, 0.5) is 15.8 Å². The number of nitrogens with one attached hydrogen (secondary N) is 3. The Bertz CT molecular complexity index is 1200. The zero-order valence-corrected chi connectivity index (χ0v) is 19.1. The standard InChI is InChI=1S/C25H23ClFN3O4/c1-2-13-28-24(32)17-12-11-16(14-19(17)26)29-25(33)18-7-3-6-10-22(18)34-15-23(31)30-21-9-5-4-8-20(21)27/h3-12,14H,2,13,15H2,1H3,(H,28,32)(H,29,33)(H,30,31). The summed E-state index contributed by atoms with van der Waals surface area (Å²) in [6, 6.07) is 16.7. The Kier molecular flexibility index (Phi) is 8.59. The molecule has 0 atom stereocenters. The fourth-order valence-corrected chi connectivity index (χ4v) is 3.25. The maximum Gasteiger partial charge on any atom is 0.262 e. The molecule has 3 aromatic rings. The van der Waals surface area contributed by atoms with Crippen molar-refractivity contribution in [3.8, 4) is 5.75 Å². The van der Waals surface area contributed by atoms with Crippen LogP contribution in [0, 0.1) is 5.82 Å². The third kappa shape index (κ3) is 6.55. The van der Waals surface area contributed by atoms with Crippen LogP contribution in [0.2, 0.25) is 5.02 Å². The number of rotatable bonds is 9. The van der Waals surface area contributed by atoms with Crippen LogP contribution < -0.4 is 20.7 Å². The summed E-state index contributed by atoms with van der Waals surface area (Å²) < 4.78 is 19.2. The molecule has 0 saturated heterocycles. The van der Waals surface area contributed by atoms with Crippen LogP contribution in [-0.4, -0.2) is 30.9 Å². The summed E-state index contributed by atoms with van der Waals surface area (Å²) in [4.78, 5) is 37.1. The van der Waals surface area contributed by atoms with Gasteiger partial charge in [0.05, 0.1) is 21.8 Å². The van der Waals surface area contributed by atoms with Crippen LogP contribution in [0.15, 0.2) is 66.7 Å². The normalized spacial score (nSPS) is 10.3. The molecule has 0 bridgehead atoms. The van der Waals surface area contributed by atoms with Gasteiger partial charge < -0.3 is 20.7 Å². The van der Waals surface area contributed by atoms with E-state index in [-0.39, 0.29) is 27.9 Å². The molecule has 0 aliphatic carbocycles. The van der Waals surface area contributed by atoms with E-state index < -0.39 is 24.2 Å². The lowest BCUT2D eigenvalue weighted by Gasteiger charge is -2.13. The van der Waals surface area contributed by atoms with Crippen LogP contribution in [-0.2, 0) is 4.79 Å². The first-order chi connectivity index (χ1) is 16.4. The van der Waals surface area contributed by atoms with Gasteiger partial charge in [-0.25, -0.2) is 4.39 Å². The summed E-state index contributed by atoms with van der Waals surface area (Å²) in [6.45, 7) is 2.05. The molecule has 0 aliphatic rings. The Labute approximate surface area is 201 Å². The Morgan fingerprint density at radius 1 is 0.912 bits per heavy atom. The first-order valence-electron chi connectivity index (χ1n) is 10.5. The van der Waals surface area contributed by atoms with Crippen LogP contribution in [0.25, 0.3) is 0 Å². The topological polar surface area (TPSA) is 96.5 Å². The monoisotopic (exact) mass is 483 g/mol. The van der Waals surface area contributed by atoms with Crippen molar-refractivity contribution in [3.05, 3.63) is 88.7 Å². The number of ether oxygens (including phenoxy) is 1. The first kappa shape index (κ1) is 24.7. The molecule has 0 radical (unpaired) electrons. The smallest absolute Gasteiger partial charge is 0.262 e. The van der Waals surface area contributed by atoms with E-state index in [0.717, 1.165) is 6.42 Å². The van der Waals surface area contributed by atoms with Gasteiger partial charge in [-0.15, -0.1) is 0 Å². The minimum Gasteiger partial charge on any atom is -0.483 e. The number of benzene rings is 3. The van der Waals surface area contributed by atoms with E-state index in [4.69, 9.17) is 16.3 Å². The van der Waals surface area contributed by atoms with Gasteiger partial charge in [0.1, 0.15) is 11.6 Å². The lowest BCUT2D eigenvalue weighted by atomic mass is 10.1. The average molecular weight is 484 g/mol. The van der Waals surface area contributed by atoms with Crippen molar-refractivity contribution in [2.45, 2.75) is 13.3 Å². The molecule has 3 rings (SSSR count). The van der Waals surface area contributed by atoms with Gasteiger partial charge in [-0.2, -0.15) is 0 Å². The summed E-state index contributed by atoms with van der Waals surface area (Å²) in [5, 5.41) is 8.05. The quantitative estimate of drug-likeness (QED) is 0.404. The average Bonchev–Trinajstić information content (AvgIpc) is 2.83. The van der Waals surface area contributed by atoms with Gasteiger partial charge >= 0.3 is 0 Å². The highest BCUT2D eigenvalue weighted by molar-refractivity contribution is 6.34. The molecule has 0 spiro atoms. The second kappa shape index (κ2) is 11.8. The van der Waals surface area contributed by atoms with Crippen molar-refractivity contribution in [2.24, 2.45) is 0 Å². The number of halogens is 2. The fourth-order valence-electron chi connectivity index (χ4n) is 2.98. The van der Waals surface area contributed by atoms with Crippen LogP contribution >= 0.6 is 11.6 Å². The second-order valence-corrected chi connectivity index (χ2v) is 7.62. The van der Waals surface area contributed by atoms with Gasteiger partial charge in [0.2, 0.25) is 0 Å². The maximum atomic E-state index is 13.7. The van der Waals surface area contributed by atoms with Crippen LogP contribution in [0.1, 0.15) is 34.1 Å². The third-order valence-electron chi connectivity index (χ3n) is 4.65. The summed E-state index contributed by atoms with van der Waals surface area (Å²) >= 11 is 6.22. The molecule has 7 nitrogen and oxygen atoms in total. The second-order valence-electron chi connectivity index (χ2n) is 7.22. The molecule has 0 saturated carbocycles. The van der Waals surface area contributed by atoms with Crippen molar-refractivity contribution in [3.63, 3.8) is 0 Å². The SMILES string of the molecule is CCCNC(=O)c1ccc(NC(=O)c2ccccc2OCC(=O)Nc2ccccc2F)cc1Cl. The molecule has 3 N–H and O–H groups in total. The maximum absolute atomic E-state index is 13.7. The highest BCUT2D eigenvalue weighted by atomic mass is 35.5. The van der Waals surface area contributed by atoms with E-state index in [1.54, 1.807) is 30.3 Å². The number of hydrogen-bond acceptors (Lipinski definition) is 4. The summed E-state index contributed by atoms with van der Waals surface area (Å²) in [7, 11) is 0. The zero-order valence-electron chi connectivity index (χ0n) is 18.4. The lowest BCUT2D eigenvalue weighted by molar-refractivity contribution is -0.118. The van der Waals surface area contributed by atoms with Crippen molar-refractivity contribution in [2.75, 3.05) is 23.8 Å². The Morgan fingerprint density at radius 3 is 2.38 bits per heavy atom. The largest absolute Gasteiger partial charge is 0.483 e. The number of carbonyl (C=O) groups excluding carboxylic acids is 3. The predicted molar refractivity (Wildman–Crippen MR) is 129 cm³/mol. The minimum absolute atomic E-state index is 0.0332. The molecule has 9 heteroatoms. The summed E-state index contributed by atoms with van der Waals surface area (Å²) in [5.41, 5.74) is 0.903. The molecule has 0 fully saturated rings. The van der Waals surface area contributed by atoms with Crippen molar-refractivity contribution in [1.82, 2.24) is 5.32 Å². The number of amides is 3. The highest BCUT2D eigenvalue weighted by Crippen LogP contribution is 2.24. The van der Waals surface area contributed by atoms with Crippen LogP contribution in [0.5, 0.6) is 5.75 Å². The molecule has 0 aliphatic heterocycles. The van der Waals surface area contributed by atoms with Gasteiger partial charge in [-0.3, -0.25) is 14.4 Å². The number of anilines is 2. The number of carbonyl (C=O) groups is 3. The van der Waals surface area contributed by atoms with E-state index in [9.17, 15) is 18.8 Å². The molecule has 3 amide bonds. The minimum atomic E-state index is -0.580. The Morgan fingerprint density at radius 2 is 1.65 bits per heavy atom. The molecule has 176 valence electrons. The van der Waals surface area contributed by atoms with Gasteiger partial charge in [-0.1, -0.05) is 42.8 Å². The van der Waals surface area contributed by atoms with Crippen molar-refractivity contribution in [1.29, 1.82) is 0 Å². The van der Waals surface area contributed by atoms with Crippen LogP contribution in [0.3, 0.4) is 0 Å². The first-order valence-corrected chi connectivity index (χ1v) is 10.9.